The summed E-state index contributed by atoms with van der Waals surface area (Å²) in [4.78, 5) is 0. The smallest absolute Gasteiger partial charge is 0.119 e. The third-order valence-corrected chi connectivity index (χ3v) is 2.46. The van der Waals surface area contributed by atoms with Crippen LogP contribution in [0.1, 0.15) is 18.4 Å². The van der Waals surface area contributed by atoms with Crippen molar-refractivity contribution in [3.63, 3.8) is 0 Å². The van der Waals surface area contributed by atoms with E-state index in [0.717, 1.165) is 18.3 Å². The van der Waals surface area contributed by atoms with Gasteiger partial charge in [-0.25, -0.2) is 0 Å². The van der Waals surface area contributed by atoms with Crippen LogP contribution in [0.15, 0.2) is 36.9 Å². The van der Waals surface area contributed by atoms with Crippen molar-refractivity contribution in [1.82, 2.24) is 5.32 Å². The molecular formula is C13H18ClNO. The van der Waals surface area contributed by atoms with E-state index in [2.05, 4.69) is 24.0 Å². The normalized spacial score (nSPS) is 14.0. The Balaban J connectivity index is 0.00000128. The predicted octanol–water partition coefficient (Wildman–Crippen LogP) is 2.93. The van der Waals surface area contributed by atoms with E-state index in [1.165, 1.54) is 18.4 Å². The number of rotatable bonds is 6. The minimum absolute atomic E-state index is 0. The van der Waals surface area contributed by atoms with Gasteiger partial charge in [-0.05, 0) is 30.5 Å². The van der Waals surface area contributed by atoms with Crippen molar-refractivity contribution in [1.29, 1.82) is 0 Å². The summed E-state index contributed by atoms with van der Waals surface area (Å²) >= 11 is 0. The molecule has 1 aromatic rings. The van der Waals surface area contributed by atoms with E-state index in [1.807, 2.05) is 12.1 Å². The van der Waals surface area contributed by atoms with Gasteiger partial charge in [0.1, 0.15) is 12.4 Å². The first-order valence-corrected chi connectivity index (χ1v) is 5.44. The largest absolute Gasteiger partial charge is 0.490 e. The van der Waals surface area contributed by atoms with Crippen LogP contribution in [0.25, 0.3) is 0 Å². The highest BCUT2D eigenvalue weighted by Gasteiger charge is 2.19. The summed E-state index contributed by atoms with van der Waals surface area (Å²) in [5.74, 6) is 0.907. The van der Waals surface area contributed by atoms with Crippen molar-refractivity contribution in [2.24, 2.45) is 0 Å². The van der Waals surface area contributed by atoms with Gasteiger partial charge in [-0.1, -0.05) is 24.8 Å². The van der Waals surface area contributed by atoms with E-state index < -0.39 is 0 Å². The Morgan fingerprint density at radius 1 is 1.31 bits per heavy atom. The van der Waals surface area contributed by atoms with Gasteiger partial charge in [0.05, 0.1) is 0 Å². The summed E-state index contributed by atoms with van der Waals surface area (Å²) < 4.78 is 5.41. The van der Waals surface area contributed by atoms with E-state index in [1.54, 1.807) is 6.08 Å². The Labute approximate surface area is 103 Å². The molecule has 1 saturated carbocycles. The molecular weight excluding hydrogens is 222 g/mol. The molecule has 0 spiro atoms. The molecule has 0 atom stereocenters. The molecule has 16 heavy (non-hydrogen) atoms. The summed E-state index contributed by atoms with van der Waals surface area (Å²) in [5.41, 5.74) is 1.31. The molecule has 1 aromatic carbocycles. The van der Waals surface area contributed by atoms with Gasteiger partial charge in [0, 0.05) is 12.6 Å². The van der Waals surface area contributed by atoms with E-state index in [4.69, 9.17) is 4.74 Å². The topological polar surface area (TPSA) is 21.3 Å². The zero-order valence-electron chi connectivity index (χ0n) is 9.32. The molecule has 0 aromatic heterocycles. The van der Waals surface area contributed by atoms with Crippen molar-refractivity contribution >= 4 is 12.4 Å². The minimum Gasteiger partial charge on any atom is -0.490 e. The SMILES string of the molecule is C=CCOc1ccc(CNC2CC2)cc1.Cl. The maximum atomic E-state index is 5.41. The van der Waals surface area contributed by atoms with Crippen LogP contribution in [-0.4, -0.2) is 12.6 Å². The second-order valence-electron chi connectivity index (χ2n) is 3.90. The first-order chi connectivity index (χ1) is 7.38. The lowest BCUT2D eigenvalue weighted by molar-refractivity contribution is 0.363. The molecule has 0 heterocycles. The summed E-state index contributed by atoms with van der Waals surface area (Å²) in [6, 6.07) is 8.99. The van der Waals surface area contributed by atoms with Crippen molar-refractivity contribution in [3.8, 4) is 5.75 Å². The second kappa shape index (κ2) is 6.56. The van der Waals surface area contributed by atoms with E-state index >= 15 is 0 Å². The lowest BCUT2D eigenvalue weighted by Gasteiger charge is -2.05. The van der Waals surface area contributed by atoms with Crippen LogP contribution in [0.5, 0.6) is 5.75 Å². The van der Waals surface area contributed by atoms with Crippen molar-refractivity contribution in [2.75, 3.05) is 6.61 Å². The molecule has 1 aliphatic rings. The zero-order chi connectivity index (χ0) is 10.5. The molecule has 0 radical (unpaired) electrons. The number of hydrogen-bond donors (Lipinski definition) is 1. The molecule has 1 aliphatic carbocycles. The Kier molecular flexibility index (Phi) is 5.36. The van der Waals surface area contributed by atoms with E-state index in [-0.39, 0.29) is 12.4 Å². The van der Waals surface area contributed by atoms with Crippen LogP contribution in [0.2, 0.25) is 0 Å². The first kappa shape index (κ1) is 13.1. The third-order valence-electron chi connectivity index (χ3n) is 2.46. The van der Waals surface area contributed by atoms with E-state index in [9.17, 15) is 0 Å². The second-order valence-corrected chi connectivity index (χ2v) is 3.90. The molecule has 0 aliphatic heterocycles. The average molecular weight is 240 g/mol. The highest BCUT2D eigenvalue weighted by atomic mass is 35.5. The molecule has 0 unspecified atom stereocenters. The fourth-order valence-electron chi connectivity index (χ4n) is 1.41. The molecule has 1 N–H and O–H groups in total. The molecule has 2 rings (SSSR count). The van der Waals surface area contributed by atoms with Gasteiger partial charge in [0.2, 0.25) is 0 Å². The van der Waals surface area contributed by atoms with Crippen LogP contribution >= 0.6 is 12.4 Å². The van der Waals surface area contributed by atoms with Gasteiger partial charge < -0.3 is 10.1 Å². The van der Waals surface area contributed by atoms with Gasteiger partial charge in [0.25, 0.3) is 0 Å². The molecule has 88 valence electrons. The van der Waals surface area contributed by atoms with Crippen molar-refractivity contribution in [3.05, 3.63) is 42.5 Å². The van der Waals surface area contributed by atoms with Crippen molar-refractivity contribution in [2.45, 2.75) is 25.4 Å². The highest BCUT2D eigenvalue weighted by Crippen LogP contribution is 2.19. The lowest BCUT2D eigenvalue weighted by atomic mass is 10.2. The van der Waals surface area contributed by atoms with E-state index in [0.29, 0.717) is 6.61 Å². The zero-order valence-corrected chi connectivity index (χ0v) is 10.1. The maximum Gasteiger partial charge on any atom is 0.119 e. The standard InChI is InChI=1S/C13H17NO.ClH/c1-2-9-15-13-7-3-11(4-8-13)10-14-12-5-6-12;/h2-4,7-8,12,14H,1,5-6,9-10H2;1H. The Morgan fingerprint density at radius 2 is 2.00 bits per heavy atom. The predicted molar refractivity (Wildman–Crippen MR) is 69.2 cm³/mol. The Bertz CT molecular complexity index is 319. The molecule has 0 bridgehead atoms. The summed E-state index contributed by atoms with van der Waals surface area (Å²) in [6.45, 7) is 5.15. The number of halogens is 1. The first-order valence-electron chi connectivity index (χ1n) is 5.44. The number of benzene rings is 1. The summed E-state index contributed by atoms with van der Waals surface area (Å²) in [5, 5.41) is 3.48. The minimum atomic E-state index is 0. The number of nitrogens with one attached hydrogen (secondary N) is 1. The van der Waals surface area contributed by atoms with Crippen molar-refractivity contribution < 1.29 is 4.74 Å². The van der Waals surface area contributed by atoms with Crippen LogP contribution in [-0.2, 0) is 6.54 Å². The number of ether oxygens (including phenoxy) is 1. The monoisotopic (exact) mass is 239 g/mol. The fourth-order valence-corrected chi connectivity index (χ4v) is 1.41. The summed E-state index contributed by atoms with van der Waals surface area (Å²) in [7, 11) is 0. The van der Waals surface area contributed by atoms with Gasteiger partial charge in [-0.15, -0.1) is 12.4 Å². The van der Waals surface area contributed by atoms with Gasteiger partial charge >= 0.3 is 0 Å². The van der Waals surface area contributed by atoms with Crippen LogP contribution in [0, 0.1) is 0 Å². The fraction of sp³-hybridized carbons (Fsp3) is 0.385. The number of hydrogen-bond acceptors (Lipinski definition) is 2. The highest BCUT2D eigenvalue weighted by molar-refractivity contribution is 5.85. The molecule has 2 nitrogen and oxygen atoms in total. The van der Waals surface area contributed by atoms with Crippen LogP contribution < -0.4 is 10.1 Å². The molecule has 0 saturated heterocycles. The summed E-state index contributed by atoms with van der Waals surface area (Å²) in [6.07, 6.45) is 4.42. The molecule has 0 amide bonds. The average Bonchev–Trinajstić information content (AvgIpc) is 3.09. The van der Waals surface area contributed by atoms with Crippen LogP contribution in [0.4, 0.5) is 0 Å². The Hall–Kier alpha value is -0.990. The maximum absolute atomic E-state index is 5.41. The quantitative estimate of drug-likeness (QED) is 0.771. The van der Waals surface area contributed by atoms with Gasteiger partial charge in [0.15, 0.2) is 0 Å². The lowest BCUT2D eigenvalue weighted by Crippen LogP contribution is -2.15. The third kappa shape index (κ3) is 4.25. The van der Waals surface area contributed by atoms with Gasteiger partial charge in [-0.2, -0.15) is 0 Å². The van der Waals surface area contributed by atoms with Gasteiger partial charge in [-0.3, -0.25) is 0 Å². The molecule has 1 fully saturated rings. The van der Waals surface area contributed by atoms with Crippen LogP contribution in [0.3, 0.4) is 0 Å². The Morgan fingerprint density at radius 3 is 2.56 bits per heavy atom. The molecule has 3 heteroatoms.